The predicted molar refractivity (Wildman–Crippen MR) is 80.3 cm³/mol. The van der Waals surface area contributed by atoms with Crippen LogP contribution >= 0.6 is 11.6 Å². The first kappa shape index (κ1) is 13.6. The smallest absolute Gasteiger partial charge is 0.338 e. The fraction of sp³-hybridized carbons (Fsp3) is 0.133. The summed E-state index contributed by atoms with van der Waals surface area (Å²) in [6.45, 7) is 0. The molecule has 0 amide bonds. The van der Waals surface area contributed by atoms with E-state index in [1.807, 2.05) is 29.9 Å². The van der Waals surface area contributed by atoms with Crippen LogP contribution in [0.25, 0.3) is 22.2 Å². The quantitative estimate of drug-likeness (QED) is 0.539. The van der Waals surface area contributed by atoms with Crippen molar-refractivity contribution >= 4 is 28.5 Å². The maximum atomic E-state index is 12.0. The molecule has 2 heterocycles. The van der Waals surface area contributed by atoms with Crippen molar-refractivity contribution in [1.29, 1.82) is 0 Å². The van der Waals surface area contributed by atoms with E-state index in [0.717, 1.165) is 16.5 Å². The molecular weight excluding hydrogens is 290 g/mol. The van der Waals surface area contributed by atoms with Crippen molar-refractivity contribution in [2.24, 2.45) is 7.05 Å². The van der Waals surface area contributed by atoms with E-state index in [1.54, 1.807) is 18.3 Å². The number of benzene rings is 1. The van der Waals surface area contributed by atoms with Gasteiger partial charge in [0.2, 0.25) is 5.28 Å². The molecule has 3 rings (SSSR count). The number of ether oxygens (including phenoxy) is 1. The molecule has 0 aliphatic rings. The van der Waals surface area contributed by atoms with Gasteiger partial charge in [0.1, 0.15) is 0 Å². The fourth-order valence-electron chi connectivity index (χ4n) is 2.40. The van der Waals surface area contributed by atoms with Crippen LogP contribution in [-0.4, -0.2) is 27.6 Å². The lowest BCUT2D eigenvalue weighted by Crippen LogP contribution is -2.02. The average Bonchev–Trinajstić information content (AvgIpc) is 2.84. The Labute approximate surface area is 126 Å². The summed E-state index contributed by atoms with van der Waals surface area (Å²) < 4.78 is 6.80. The highest BCUT2D eigenvalue weighted by molar-refractivity contribution is 6.28. The van der Waals surface area contributed by atoms with Crippen LogP contribution in [0.5, 0.6) is 0 Å². The molecule has 0 unspecified atom stereocenters. The van der Waals surface area contributed by atoms with E-state index in [2.05, 4.69) is 9.97 Å². The second kappa shape index (κ2) is 5.18. The number of carbonyl (C=O) groups is 1. The molecule has 3 aromatic rings. The van der Waals surface area contributed by atoms with Crippen LogP contribution in [0.15, 0.2) is 36.7 Å². The van der Waals surface area contributed by atoms with Crippen LogP contribution in [0, 0.1) is 0 Å². The lowest BCUT2D eigenvalue weighted by Gasteiger charge is -2.04. The molecule has 0 N–H and O–H groups in total. The zero-order chi connectivity index (χ0) is 15.0. The second-order valence-electron chi connectivity index (χ2n) is 4.56. The molecule has 0 bridgehead atoms. The molecule has 0 spiro atoms. The number of fused-ring (bicyclic) bond motifs is 1. The minimum absolute atomic E-state index is 0.167. The fourth-order valence-corrected chi connectivity index (χ4v) is 2.55. The van der Waals surface area contributed by atoms with Gasteiger partial charge in [-0.05, 0) is 29.8 Å². The number of aromatic nitrogens is 3. The van der Waals surface area contributed by atoms with E-state index < -0.39 is 0 Å². The molecule has 0 aliphatic heterocycles. The molecule has 2 aromatic heterocycles. The lowest BCUT2D eigenvalue weighted by molar-refractivity contribution is 0.0603. The number of halogens is 1. The van der Waals surface area contributed by atoms with Gasteiger partial charge in [0.25, 0.3) is 0 Å². The van der Waals surface area contributed by atoms with E-state index in [9.17, 15) is 4.79 Å². The Morgan fingerprint density at radius 1 is 1.33 bits per heavy atom. The number of esters is 1. The van der Waals surface area contributed by atoms with Crippen molar-refractivity contribution < 1.29 is 9.53 Å². The summed E-state index contributed by atoms with van der Waals surface area (Å²) in [5, 5.41) is 0.960. The van der Waals surface area contributed by atoms with E-state index >= 15 is 0 Å². The van der Waals surface area contributed by atoms with E-state index in [4.69, 9.17) is 16.3 Å². The standard InChI is InChI=1S/C15H12ClN3O2/c1-19-8-10(11-6-7-17-15(16)18-11)13-9(14(20)21-2)4-3-5-12(13)19/h3-8H,1-2H3. The van der Waals surface area contributed by atoms with Gasteiger partial charge in [-0.1, -0.05) is 6.07 Å². The van der Waals surface area contributed by atoms with Gasteiger partial charge in [-0.2, -0.15) is 0 Å². The van der Waals surface area contributed by atoms with Crippen LogP contribution in [-0.2, 0) is 11.8 Å². The SMILES string of the molecule is COC(=O)c1cccc2c1c(-c1ccnc(Cl)n1)cn2C. The highest BCUT2D eigenvalue weighted by Crippen LogP contribution is 2.32. The first-order valence-electron chi connectivity index (χ1n) is 6.27. The van der Waals surface area contributed by atoms with Crippen LogP contribution < -0.4 is 0 Å². The van der Waals surface area contributed by atoms with Crippen molar-refractivity contribution in [3.63, 3.8) is 0 Å². The van der Waals surface area contributed by atoms with Crippen LogP contribution in [0.4, 0.5) is 0 Å². The number of hydrogen-bond acceptors (Lipinski definition) is 4. The summed E-state index contributed by atoms with van der Waals surface area (Å²) in [6, 6.07) is 7.26. The summed E-state index contributed by atoms with van der Waals surface area (Å²) in [6.07, 6.45) is 3.50. The van der Waals surface area contributed by atoms with Crippen molar-refractivity contribution in [3.8, 4) is 11.3 Å². The zero-order valence-electron chi connectivity index (χ0n) is 11.5. The monoisotopic (exact) mass is 301 g/mol. The molecule has 6 heteroatoms. The summed E-state index contributed by atoms with van der Waals surface area (Å²) in [5.41, 5.74) is 2.90. The highest BCUT2D eigenvalue weighted by Gasteiger charge is 2.18. The average molecular weight is 302 g/mol. The Balaban J connectivity index is 2.35. The Kier molecular flexibility index (Phi) is 3.35. The Morgan fingerprint density at radius 2 is 2.14 bits per heavy atom. The van der Waals surface area contributed by atoms with Crippen molar-refractivity contribution in [2.75, 3.05) is 7.11 Å². The normalized spacial score (nSPS) is 10.8. The number of methoxy groups -OCH3 is 1. The Morgan fingerprint density at radius 3 is 2.86 bits per heavy atom. The first-order chi connectivity index (χ1) is 10.1. The second-order valence-corrected chi connectivity index (χ2v) is 4.89. The van der Waals surface area contributed by atoms with Crippen LogP contribution in [0.1, 0.15) is 10.4 Å². The lowest BCUT2D eigenvalue weighted by atomic mass is 10.0. The molecule has 106 valence electrons. The number of nitrogens with zero attached hydrogens (tertiary/aromatic N) is 3. The molecule has 0 saturated carbocycles. The number of rotatable bonds is 2. The van der Waals surface area contributed by atoms with E-state index in [1.165, 1.54) is 7.11 Å². The molecule has 0 atom stereocenters. The molecule has 0 saturated heterocycles. The van der Waals surface area contributed by atoms with Gasteiger partial charge in [-0.25, -0.2) is 14.8 Å². The van der Waals surface area contributed by atoms with Crippen LogP contribution in [0.3, 0.4) is 0 Å². The third kappa shape index (κ3) is 2.25. The maximum Gasteiger partial charge on any atom is 0.338 e. The Bertz CT molecular complexity index is 842. The molecule has 0 fully saturated rings. The minimum Gasteiger partial charge on any atom is -0.465 e. The van der Waals surface area contributed by atoms with Crippen molar-refractivity contribution in [1.82, 2.24) is 14.5 Å². The molecule has 21 heavy (non-hydrogen) atoms. The van der Waals surface area contributed by atoms with E-state index in [0.29, 0.717) is 11.3 Å². The van der Waals surface area contributed by atoms with Gasteiger partial charge in [-0.3, -0.25) is 0 Å². The summed E-state index contributed by atoms with van der Waals surface area (Å²) in [4.78, 5) is 20.1. The topological polar surface area (TPSA) is 57.0 Å². The summed E-state index contributed by atoms with van der Waals surface area (Å²) in [5.74, 6) is -0.381. The Hall–Kier alpha value is -2.40. The van der Waals surface area contributed by atoms with Crippen molar-refractivity contribution in [2.45, 2.75) is 0 Å². The third-order valence-electron chi connectivity index (χ3n) is 3.32. The summed E-state index contributed by atoms with van der Waals surface area (Å²) >= 11 is 5.86. The van der Waals surface area contributed by atoms with Gasteiger partial charge >= 0.3 is 5.97 Å². The van der Waals surface area contributed by atoms with Gasteiger partial charge in [0, 0.05) is 35.9 Å². The highest BCUT2D eigenvalue weighted by atomic mass is 35.5. The molecule has 0 radical (unpaired) electrons. The van der Waals surface area contributed by atoms with Gasteiger partial charge in [0.15, 0.2) is 0 Å². The molecule has 0 aliphatic carbocycles. The molecule has 1 aromatic carbocycles. The van der Waals surface area contributed by atoms with E-state index in [-0.39, 0.29) is 11.3 Å². The number of hydrogen-bond donors (Lipinski definition) is 0. The van der Waals surface area contributed by atoms with Gasteiger partial charge in [-0.15, -0.1) is 0 Å². The maximum absolute atomic E-state index is 12.0. The molecular formula is C15H12ClN3O2. The summed E-state index contributed by atoms with van der Waals surface area (Å²) in [7, 11) is 3.28. The minimum atomic E-state index is -0.381. The van der Waals surface area contributed by atoms with Gasteiger partial charge < -0.3 is 9.30 Å². The zero-order valence-corrected chi connectivity index (χ0v) is 12.3. The van der Waals surface area contributed by atoms with Crippen LogP contribution in [0.2, 0.25) is 5.28 Å². The first-order valence-corrected chi connectivity index (χ1v) is 6.65. The number of carbonyl (C=O) groups excluding carboxylic acids is 1. The van der Waals surface area contributed by atoms with Gasteiger partial charge in [0.05, 0.1) is 18.4 Å². The largest absolute Gasteiger partial charge is 0.465 e. The molecule has 5 nitrogen and oxygen atoms in total. The number of aryl methyl sites for hydroxylation is 1. The predicted octanol–water partition coefficient (Wildman–Crippen LogP) is 3.08. The third-order valence-corrected chi connectivity index (χ3v) is 3.50. The van der Waals surface area contributed by atoms with Crippen molar-refractivity contribution in [3.05, 3.63) is 47.5 Å².